The molecule has 1 N–H and O–H groups in total. The number of carboxylic acids is 1. The molecule has 10 heteroatoms. The highest BCUT2D eigenvalue weighted by molar-refractivity contribution is 5.84. The number of aryl methyl sites for hydroxylation is 1. The van der Waals surface area contributed by atoms with Crippen molar-refractivity contribution in [2.24, 2.45) is 0 Å². The molecule has 1 fully saturated rings. The van der Waals surface area contributed by atoms with Gasteiger partial charge in [-0.2, -0.15) is 5.10 Å². The number of rotatable bonds is 6. The molecule has 0 spiro atoms. The minimum absolute atomic E-state index is 0.0129. The number of amides is 1. The van der Waals surface area contributed by atoms with E-state index in [1.165, 1.54) is 22.9 Å². The van der Waals surface area contributed by atoms with Gasteiger partial charge < -0.3 is 14.7 Å². The van der Waals surface area contributed by atoms with E-state index >= 15 is 0 Å². The van der Waals surface area contributed by atoms with E-state index in [2.05, 4.69) is 5.10 Å². The second-order valence-corrected chi connectivity index (χ2v) is 4.96. The van der Waals surface area contributed by atoms with Crippen LogP contribution in [0.2, 0.25) is 0 Å². The van der Waals surface area contributed by atoms with Gasteiger partial charge in [0.05, 0.1) is 11.0 Å². The third kappa shape index (κ3) is 3.39. The molecular weight excluding hydrogens is 296 g/mol. The number of carbonyl (C=O) groups is 2. The zero-order valence-corrected chi connectivity index (χ0v) is 11.9. The minimum Gasteiger partial charge on any atom is -0.480 e. The highest BCUT2D eigenvalue weighted by Crippen LogP contribution is 2.21. The number of likely N-dealkylation sites (tertiary alicyclic amines) is 1. The van der Waals surface area contributed by atoms with E-state index in [1.54, 1.807) is 0 Å². The van der Waals surface area contributed by atoms with Crippen LogP contribution in [0.15, 0.2) is 12.4 Å². The van der Waals surface area contributed by atoms with Gasteiger partial charge in [0.1, 0.15) is 18.4 Å². The smallest absolute Gasteiger partial charge is 0.326 e. The molecule has 22 heavy (non-hydrogen) atoms. The lowest BCUT2D eigenvalue weighted by Gasteiger charge is -2.21. The van der Waals surface area contributed by atoms with Gasteiger partial charge in [-0.25, -0.2) is 4.79 Å². The van der Waals surface area contributed by atoms with Crippen LogP contribution in [0.1, 0.15) is 12.8 Å². The van der Waals surface area contributed by atoms with Crippen molar-refractivity contribution in [3.63, 3.8) is 0 Å². The van der Waals surface area contributed by atoms with E-state index < -0.39 is 16.9 Å². The summed E-state index contributed by atoms with van der Waals surface area (Å²) in [5.74, 6) is -1.41. The quantitative estimate of drug-likeness (QED) is 0.573. The van der Waals surface area contributed by atoms with Crippen LogP contribution in [0, 0.1) is 10.1 Å². The van der Waals surface area contributed by atoms with Crippen LogP contribution in [-0.2, 0) is 20.9 Å². The molecule has 0 saturated carbocycles. The Hall–Kier alpha value is -2.49. The van der Waals surface area contributed by atoms with Crippen molar-refractivity contribution >= 4 is 17.6 Å². The molecule has 10 nitrogen and oxygen atoms in total. The average molecular weight is 312 g/mol. The van der Waals surface area contributed by atoms with Crippen LogP contribution >= 0.6 is 0 Å². The standard InChI is InChI=1S/C12H16N4O6/c1-22-9-4-10(12(18)19)15(7-9)11(17)2-3-14-6-8(5-13-14)16(20)21/h5-6,9-10H,2-4,7H2,1H3,(H,18,19). The molecule has 2 atom stereocenters. The Bertz CT molecular complexity index is 586. The van der Waals surface area contributed by atoms with Gasteiger partial charge in [0, 0.05) is 33.0 Å². The third-order valence-electron chi connectivity index (χ3n) is 3.59. The molecule has 1 aromatic heterocycles. The number of ether oxygens (including phenoxy) is 1. The molecule has 1 aliphatic heterocycles. The van der Waals surface area contributed by atoms with Crippen molar-refractivity contribution in [3.8, 4) is 0 Å². The fourth-order valence-corrected chi connectivity index (χ4v) is 2.40. The largest absolute Gasteiger partial charge is 0.480 e. The van der Waals surface area contributed by atoms with E-state index in [0.29, 0.717) is 0 Å². The normalized spacial score (nSPS) is 21.0. The van der Waals surface area contributed by atoms with Gasteiger partial charge in [-0.1, -0.05) is 0 Å². The zero-order chi connectivity index (χ0) is 16.3. The number of aliphatic carboxylic acids is 1. The van der Waals surface area contributed by atoms with Gasteiger partial charge in [-0.15, -0.1) is 0 Å². The molecule has 0 bridgehead atoms. The highest BCUT2D eigenvalue weighted by Gasteiger charge is 2.39. The van der Waals surface area contributed by atoms with Gasteiger partial charge in [-0.3, -0.25) is 19.6 Å². The van der Waals surface area contributed by atoms with Crippen molar-refractivity contribution in [2.75, 3.05) is 13.7 Å². The molecule has 1 saturated heterocycles. The summed E-state index contributed by atoms with van der Waals surface area (Å²) in [6, 6.07) is -0.899. The maximum atomic E-state index is 12.2. The molecule has 2 heterocycles. The van der Waals surface area contributed by atoms with Crippen molar-refractivity contribution in [3.05, 3.63) is 22.5 Å². The average Bonchev–Trinajstić information content (AvgIpc) is 3.11. The van der Waals surface area contributed by atoms with E-state index in [1.807, 2.05) is 0 Å². The van der Waals surface area contributed by atoms with E-state index in [9.17, 15) is 19.7 Å². The summed E-state index contributed by atoms with van der Waals surface area (Å²) in [7, 11) is 1.47. The monoisotopic (exact) mass is 312 g/mol. The molecule has 1 aromatic rings. The van der Waals surface area contributed by atoms with Gasteiger partial charge in [-0.05, 0) is 0 Å². The summed E-state index contributed by atoms with van der Waals surface area (Å²) in [6.45, 7) is 0.374. The number of carbonyl (C=O) groups excluding carboxylic acids is 1. The Balaban J connectivity index is 1.95. The van der Waals surface area contributed by atoms with Gasteiger partial charge in [0.15, 0.2) is 0 Å². The molecule has 2 rings (SSSR count). The Morgan fingerprint density at radius 3 is 2.86 bits per heavy atom. The Morgan fingerprint density at radius 1 is 1.59 bits per heavy atom. The van der Waals surface area contributed by atoms with Crippen LogP contribution in [0.5, 0.6) is 0 Å². The summed E-state index contributed by atoms with van der Waals surface area (Å²) in [5.41, 5.74) is -0.156. The lowest BCUT2D eigenvalue weighted by molar-refractivity contribution is -0.385. The van der Waals surface area contributed by atoms with Crippen LogP contribution < -0.4 is 0 Å². The third-order valence-corrected chi connectivity index (χ3v) is 3.59. The lowest BCUT2D eigenvalue weighted by Crippen LogP contribution is -2.40. The molecular formula is C12H16N4O6. The molecule has 2 unspecified atom stereocenters. The van der Waals surface area contributed by atoms with E-state index in [0.717, 1.165) is 6.20 Å². The fraction of sp³-hybridized carbons (Fsp3) is 0.583. The number of aromatic nitrogens is 2. The Kier molecular flexibility index (Phi) is 4.71. The topological polar surface area (TPSA) is 128 Å². The molecule has 0 aromatic carbocycles. The first-order valence-corrected chi connectivity index (χ1v) is 6.64. The predicted molar refractivity (Wildman–Crippen MR) is 72.0 cm³/mol. The number of methoxy groups -OCH3 is 1. The predicted octanol–water partition coefficient (Wildman–Crippen LogP) is -0.118. The summed E-state index contributed by atoms with van der Waals surface area (Å²) < 4.78 is 6.40. The summed E-state index contributed by atoms with van der Waals surface area (Å²) in [4.78, 5) is 34.6. The minimum atomic E-state index is -1.07. The van der Waals surface area contributed by atoms with E-state index in [-0.39, 0.29) is 43.6 Å². The van der Waals surface area contributed by atoms with Crippen LogP contribution in [0.3, 0.4) is 0 Å². The van der Waals surface area contributed by atoms with Gasteiger partial charge in [0.2, 0.25) is 5.91 Å². The number of nitro groups is 1. The molecule has 120 valence electrons. The van der Waals surface area contributed by atoms with Crippen molar-refractivity contribution in [1.82, 2.24) is 14.7 Å². The van der Waals surface area contributed by atoms with Crippen LogP contribution in [0.25, 0.3) is 0 Å². The summed E-state index contributed by atoms with van der Waals surface area (Å²) in [6.07, 6.45) is 2.30. The number of carboxylic acid groups (broad SMARTS) is 1. The molecule has 1 aliphatic rings. The second kappa shape index (κ2) is 6.52. The first-order chi connectivity index (χ1) is 10.4. The van der Waals surface area contributed by atoms with Crippen LogP contribution in [0.4, 0.5) is 5.69 Å². The number of hydrogen-bond acceptors (Lipinski definition) is 6. The maximum Gasteiger partial charge on any atom is 0.326 e. The maximum absolute atomic E-state index is 12.2. The summed E-state index contributed by atoms with van der Waals surface area (Å²) in [5, 5.41) is 23.5. The lowest BCUT2D eigenvalue weighted by atomic mass is 10.2. The Labute approximate surface area is 125 Å². The number of nitrogens with zero attached hydrogens (tertiary/aromatic N) is 4. The Morgan fingerprint density at radius 2 is 2.32 bits per heavy atom. The van der Waals surface area contributed by atoms with Crippen LogP contribution in [-0.4, -0.2) is 62.4 Å². The summed E-state index contributed by atoms with van der Waals surface area (Å²) >= 11 is 0. The first-order valence-electron chi connectivity index (χ1n) is 6.64. The molecule has 0 radical (unpaired) electrons. The second-order valence-electron chi connectivity index (χ2n) is 4.96. The zero-order valence-electron chi connectivity index (χ0n) is 11.9. The van der Waals surface area contributed by atoms with Gasteiger partial charge in [0.25, 0.3) is 0 Å². The first kappa shape index (κ1) is 15.9. The van der Waals surface area contributed by atoms with Crippen molar-refractivity contribution < 1.29 is 24.4 Å². The molecule has 0 aliphatic carbocycles. The van der Waals surface area contributed by atoms with E-state index in [4.69, 9.17) is 9.84 Å². The van der Waals surface area contributed by atoms with Crippen molar-refractivity contribution in [1.29, 1.82) is 0 Å². The van der Waals surface area contributed by atoms with Gasteiger partial charge >= 0.3 is 11.7 Å². The fourth-order valence-electron chi connectivity index (χ4n) is 2.40. The highest BCUT2D eigenvalue weighted by atomic mass is 16.6. The van der Waals surface area contributed by atoms with Crippen molar-refractivity contribution in [2.45, 2.75) is 31.5 Å². The number of hydrogen-bond donors (Lipinski definition) is 1. The SMILES string of the molecule is COC1CC(C(=O)O)N(C(=O)CCn2cc([N+](=O)[O-])cn2)C1. The molecule has 1 amide bonds.